The summed E-state index contributed by atoms with van der Waals surface area (Å²) in [7, 11) is 0. The molecule has 0 fully saturated rings. The minimum absolute atomic E-state index is 0.0797. The predicted octanol–water partition coefficient (Wildman–Crippen LogP) is -0.131. The molecule has 5 heteroatoms. The van der Waals surface area contributed by atoms with Gasteiger partial charge in [-0.25, -0.2) is 4.98 Å². The van der Waals surface area contributed by atoms with Gasteiger partial charge in [0, 0.05) is 0 Å². The number of nitrogens with one attached hydrogen (secondary N) is 1. The number of nitrogens with two attached hydrogens (primary N) is 2. The molecule has 1 amide bonds. The van der Waals surface area contributed by atoms with E-state index in [1.165, 1.54) is 0 Å². The second-order valence-electron chi connectivity index (χ2n) is 2.75. The first-order chi connectivity index (χ1) is 6.09. The third kappa shape index (κ3) is 2.62. The summed E-state index contributed by atoms with van der Waals surface area (Å²) in [6.07, 6.45) is 1.54. The number of amides is 1. The molecular weight excluding hydrogens is 168 g/mol. The summed E-state index contributed by atoms with van der Waals surface area (Å²) in [5.41, 5.74) is 12.1. The number of carbonyl (C=O) groups excluding carboxylic acids is 1. The second-order valence-corrected chi connectivity index (χ2v) is 2.75. The Morgan fingerprint density at radius 3 is 2.92 bits per heavy atom. The zero-order valence-corrected chi connectivity index (χ0v) is 7.37. The standard InChI is InChI=1S/C8H12N4O/c1-5-2-8(11-3-6(5)9)12-4-7(10)13/h2-3H,4,9H2,1H3,(H2,10,13)(H,11,12). The Morgan fingerprint density at radius 2 is 2.38 bits per heavy atom. The lowest BCUT2D eigenvalue weighted by molar-refractivity contribution is -0.116. The van der Waals surface area contributed by atoms with Crippen LogP contribution in [-0.2, 0) is 4.79 Å². The van der Waals surface area contributed by atoms with Gasteiger partial charge >= 0.3 is 0 Å². The molecule has 0 saturated heterocycles. The molecule has 0 atom stereocenters. The zero-order valence-electron chi connectivity index (χ0n) is 7.37. The highest BCUT2D eigenvalue weighted by Crippen LogP contribution is 2.12. The van der Waals surface area contributed by atoms with Gasteiger partial charge in [-0.15, -0.1) is 0 Å². The van der Waals surface area contributed by atoms with Crippen molar-refractivity contribution in [3.8, 4) is 0 Å². The van der Waals surface area contributed by atoms with Crippen molar-refractivity contribution in [3.63, 3.8) is 0 Å². The van der Waals surface area contributed by atoms with Gasteiger partial charge < -0.3 is 16.8 Å². The van der Waals surface area contributed by atoms with Gasteiger partial charge in [-0.1, -0.05) is 0 Å². The molecule has 0 bridgehead atoms. The van der Waals surface area contributed by atoms with E-state index in [9.17, 15) is 4.79 Å². The van der Waals surface area contributed by atoms with Crippen LogP contribution in [0, 0.1) is 6.92 Å². The zero-order chi connectivity index (χ0) is 9.84. The summed E-state index contributed by atoms with van der Waals surface area (Å²) in [5.74, 6) is 0.182. The smallest absolute Gasteiger partial charge is 0.236 e. The van der Waals surface area contributed by atoms with E-state index >= 15 is 0 Å². The van der Waals surface area contributed by atoms with Gasteiger partial charge in [-0.3, -0.25) is 4.79 Å². The molecule has 70 valence electrons. The lowest BCUT2D eigenvalue weighted by Gasteiger charge is -2.04. The molecule has 0 unspecified atom stereocenters. The number of rotatable bonds is 3. The summed E-state index contributed by atoms with van der Waals surface area (Å²) >= 11 is 0. The van der Waals surface area contributed by atoms with Gasteiger partial charge in [0.1, 0.15) is 5.82 Å². The monoisotopic (exact) mass is 180 g/mol. The molecule has 0 aliphatic rings. The molecule has 0 aliphatic carbocycles. The van der Waals surface area contributed by atoms with E-state index in [0.717, 1.165) is 5.56 Å². The van der Waals surface area contributed by atoms with E-state index in [2.05, 4.69) is 10.3 Å². The van der Waals surface area contributed by atoms with Crippen LogP contribution in [0.1, 0.15) is 5.56 Å². The maximum Gasteiger partial charge on any atom is 0.236 e. The van der Waals surface area contributed by atoms with Gasteiger partial charge in [0.2, 0.25) is 5.91 Å². The SMILES string of the molecule is Cc1cc(NCC(N)=O)ncc1N. The fourth-order valence-corrected chi connectivity index (χ4v) is 0.841. The highest BCUT2D eigenvalue weighted by molar-refractivity contribution is 5.78. The third-order valence-corrected chi connectivity index (χ3v) is 1.60. The van der Waals surface area contributed by atoms with E-state index in [0.29, 0.717) is 11.5 Å². The van der Waals surface area contributed by atoms with Gasteiger partial charge in [0.25, 0.3) is 0 Å². The molecule has 1 aromatic rings. The number of nitrogens with zero attached hydrogens (tertiary/aromatic N) is 1. The van der Waals surface area contributed by atoms with Crippen molar-refractivity contribution in [1.29, 1.82) is 0 Å². The van der Waals surface area contributed by atoms with Crippen LogP contribution >= 0.6 is 0 Å². The molecular formula is C8H12N4O. The molecule has 0 saturated carbocycles. The molecule has 0 spiro atoms. The number of aromatic nitrogens is 1. The Balaban J connectivity index is 2.68. The fraction of sp³-hybridized carbons (Fsp3) is 0.250. The summed E-state index contributed by atoms with van der Waals surface area (Å²) in [6, 6.07) is 1.76. The molecule has 0 aliphatic heterocycles. The lowest BCUT2D eigenvalue weighted by atomic mass is 10.2. The molecule has 1 heterocycles. The van der Waals surface area contributed by atoms with Crippen molar-refractivity contribution in [2.45, 2.75) is 6.92 Å². The summed E-state index contributed by atoms with van der Waals surface area (Å²) in [4.78, 5) is 14.4. The molecule has 0 radical (unpaired) electrons. The predicted molar refractivity (Wildman–Crippen MR) is 51.1 cm³/mol. The highest BCUT2D eigenvalue weighted by atomic mass is 16.1. The number of aryl methyl sites for hydroxylation is 1. The number of pyridine rings is 1. The van der Waals surface area contributed by atoms with Crippen molar-refractivity contribution >= 4 is 17.4 Å². The van der Waals surface area contributed by atoms with Gasteiger partial charge in [-0.2, -0.15) is 0 Å². The van der Waals surface area contributed by atoms with Gasteiger partial charge in [0.05, 0.1) is 18.4 Å². The number of hydrogen-bond donors (Lipinski definition) is 3. The molecule has 1 rings (SSSR count). The van der Waals surface area contributed by atoms with Gasteiger partial charge in [-0.05, 0) is 18.6 Å². The van der Waals surface area contributed by atoms with Crippen LogP contribution in [0.25, 0.3) is 0 Å². The van der Waals surface area contributed by atoms with E-state index in [-0.39, 0.29) is 6.54 Å². The molecule has 5 nitrogen and oxygen atoms in total. The number of nitrogen functional groups attached to an aromatic ring is 1. The molecule has 13 heavy (non-hydrogen) atoms. The minimum Gasteiger partial charge on any atom is -0.397 e. The highest BCUT2D eigenvalue weighted by Gasteiger charge is 1.98. The van der Waals surface area contributed by atoms with Crippen molar-refractivity contribution < 1.29 is 4.79 Å². The lowest BCUT2D eigenvalue weighted by Crippen LogP contribution is -2.22. The first-order valence-corrected chi connectivity index (χ1v) is 3.84. The van der Waals surface area contributed by atoms with Crippen LogP contribution in [-0.4, -0.2) is 17.4 Å². The quantitative estimate of drug-likeness (QED) is 0.604. The number of hydrogen-bond acceptors (Lipinski definition) is 4. The van der Waals surface area contributed by atoms with E-state index in [1.807, 2.05) is 6.92 Å². The molecule has 1 aromatic heterocycles. The van der Waals surface area contributed by atoms with Crippen LogP contribution in [0.4, 0.5) is 11.5 Å². The Morgan fingerprint density at radius 1 is 1.69 bits per heavy atom. The summed E-state index contributed by atoms with van der Waals surface area (Å²) in [5, 5.41) is 2.77. The Hall–Kier alpha value is -1.78. The second kappa shape index (κ2) is 3.75. The van der Waals surface area contributed by atoms with Crippen molar-refractivity contribution in [2.75, 3.05) is 17.6 Å². The van der Waals surface area contributed by atoms with E-state index in [1.54, 1.807) is 12.3 Å². The fourth-order valence-electron chi connectivity index (χ4n) is 0.841. The summed E-state index contributed by atoms with van der Waals surface area (Å²) in [6.45, 7) is 1.95. The molecule has 5 N–H and O–H groups in total. The van der Waals surface area contributed by atoms with Crippen LogP contribution in [0.2, 0.25) is 0 Å². The first-order valence-electron chi connectivity index (χ1n) is 3.84. The maximum atomic E-state index is 10.4. The van der Waals surface area contributed by atoms with Crippen LogP contribution < -0.4 is 16.8 Å². The minimum atomic E-state index is -0.420. The van der Waals surface area contributed by atoms with Crippen LogP contribution in [0.5, 0.6) is 0 Å². The Kier molecular flexibility index (Phi) is 2.69. The van der Waals surface area contributed by atoms with Gasteiger partial charge in [0.15, 0.2) is 0 Å². The average molecular weight is 180 g/mol. The van der Waals surface area contributed by atoms with Crippen LogP contribution in [0.15, 0.2) is 12.3 Å². The van der Waals surface area contributed by atoms with Crippen LogP contribution in [0.3, 0.4) is 0 Å². The first kappa shape index (κ1) is 9.31. The number of anilines is 2. The van der Waals surface area contributed by atoms with Crippen molar-refractivity contribution in [2.24, 2.45) is 5.73 Å². The Labute approximate surface area is 76.1 Å². The maximum absolute atomic E-state index is 10.4. The Bertz CT molecular complexity index is 324. The topological polar surface area (TPSA) is 94.0 Å². The van der Waals surface area contributed by atoms with Crippen molar-refractivity contribution in [3.05, 3.63) is 17.8 Å². The summed E-state index contributed by atoms with van der Waals surface area (Å²) < 4.78 is 0. The molecule has 0 aromatic carbocycles. The van der Waals surface area contributed by atoms with Crippen molar-refractivity contribution in [1.82, 2.24) is 4.98 Å². The number of carbonyl (C=O) groups is 1. The van der Waals surface area contributed by atoms with E-state index in [4.69, 9.17) is 11.5 Å². The largest absolute Gasteiger partial charge is 0.397 e. The van der Waals surface area contributed by atoms with E-state index < -0.39 is 5.91 Å². The third-order valence-electron chi connectivity index (χ3n) is 1.60. The normalized spacial score (nSPS) is 9.62. The number of primary amides is 1. The average Bonchev–Trinajstić information content (AvgIpc) is 2.07.